The fourth-order valence-electron chi connectivity index (χ4n) is 1.61. The molecule has 90 valence electrons. The molecule has 6 heteroatoms. The molecule has 17 heavy (non-hydrogen) atoms. The minimum absolute atomic E-state index is 0.262. The van der Waals surface area contributed by atoms with Gasteiger partial charge in [-0.3, -0.25) is 0 Å². The maximum absolute atomic E-state index is 12.9. The smallest absolute Gasteiger partial charge is 0.165 e. The molecule has 1 heterocycles. The van der Waals surface area contributed by atoms with Crippen LogP contribution in [0.1, 0.15) is 18.9 Å². The summed E-state index contributed by atoms with van der Waals surface area (Å²) in [6.45, 7) is 1.60. The number of aliphatic hydroxyl groups is 1. The molecular formula is C11H11ClFN3O. The number of hydrogen-bond acceptors (Lipinski definition) is 3. The van der Waals surface area contributed by atoms with Crippen molar-refractivity contribution in [1.29, 1.82) is 0 Å². The Morgan fingerprint density at radius 3 is 2.65 bits per heavy atom. The van der Waals surface area contributed by atoms with Crippen LogP contribution < -0.4 is 0 Å². The number of rotatable bonds is 2. The molecule has 2 rings (SSSR count). The highest BCUT2D eigenvalue weighted by Crippen LogP contribution is 2.27. The maximum Gasteiger partial charge on any atom is 0.165 e. The third-order valence-electron chi connectivity index (χ3n) is 2.45. The summed E-state index contributed by atoms with van der Waals surface area (Å²) < 4.78 is 14.6. The van der Waals surface area contributed by atoms with E-state index >= 15 is 0 Å². The van der Waals surface area contributed by atoms with Crippen LogP contribution in [0.2, 0.25) is 5.02 Å². The Labute approximate surface area is 103 Å². The van der Waals surface area contributed by atoms with Crippen molar-refractivity contribution < 1.29 is 9.50 Å². The van der Waals surface area contributed by atoms with E-state index in [4.69, 9.17) is 11.6 Å². The largest absolute Gasteiger partial charge is 0.385 e. The molecule has 1 N–H and O–H groups in total. The molecule has 1 atom stereocenters. The van der Waals surface area contributed by atoms with Gasteiger partial charge in [0, 0.05) is 12.6 Å². The average Bonchev–Trinajstić information content (AvgIpc) is 2.60. The normalized spacial score (nSPS) is 12.8. The fourth-order valence-corrected chi connectivity index (χ4v) is 1.86. The molecule has 0 aliphatic carbocycles. The van der Waals surface area contributed by atoms with Gasteiger partial charge in [0.1, 0.15) is 11.9 Å². The van der Waals surface area contributed by atoms with Crippen molar-refractivity contribution in [2.75, 3.05) is 0 Å². The lowest BCUT2D eigenvalue weighted by molar-refractivity contribution is 0.185. The Morgan fingerprint density at radius 1 is 1.41 bits per heavy atom. The predicted octanol–water partition coefficient (Wildman–Crippen LogP) is 2.33. The van der Waals surface area contributed by atoms with E-state index < -0.39 is 11.9 Å². The highest BCUT2D eigenvalue weighted by atomic mass is 35.5. The summed E-state index contributed by atoms with van der Waals surface area (Å²) in [5, 5.41) is 17.5. The van der Waals surface area contributed by atoms with Crippen molar-refractivity contribution in [1.82, 2.24) is 14.8 Å². The Kier molecular flexibility index (Phi) is 3.13. The van der Waals surface area contributed by atoms with Gasteiger partial charge in [0.15, 0.2) is 11.6 Å². The van der Waals surface area contributed by atoms with Crippen molar-refractivity contribution in [2.45, 2.75) is 13.0 Å². The van der Waals surface area contributed by atoms with Gasteiger partial charge in [-0.2, -0.15) is 0 Å². The van der Waals surface area contributed by atoms with Crippen LogP contribution in [0, 0.1) is 5.82 Å². The third-order valence-corrected chi connectivity index (χ3v) is 2.77. The number of aliphatic hydroxyl groups excluding tert-OH is 1. The molecule has 0 amide bonds. The zero-order valence-electron chi connectivity index (χ0n) is 9.35. The fraction of sp³-hybridized carbons (Fsp3) is 0.273. The van der Waals surface area contributed by atoms with Crippen LogP contribution in [0.15, 0.2) is 18.2 Å². The molecule has 0 spiro atoms. The first-order chi connectivity index (χ1) is 8.00. The summed E-state index contributed by atoms with van der Waals surface area (Å²) in [5.74, 6) is 0.517. The summed E-state index contributed by atoms with van der Waals surface area (Å²) >= 11 is 5.94. The molecule has 0 saturated heterocycles. The van der Waals surface area contributed by atoms with E-state index in [1.165, 1.54) is 18.2 Å². The minimum Gasteiger partial charge on any atom is -0.385 e. The average molecular weight is 256 g/mol. The highest BCUT2D eigenvalue weighted by Gasteiger charge is 2.16. The van der Waals surface area contributed by atoms with E-state index in [1.807, 2.05) is 0 Å². The number of halogens is 2. The Balaban J connectivity index is 2.54. The van der Waals surface area contributed by atoms with Crippen LogP contribution in [0.25, 0.3) is 11.4 Å². The molecule has 0 bridgehead atoms. The van der Waals surface area contributed by atoms with Crippen molar-refractivity contribution in [3.05, 3.63) is 34.9 Å². The van der Waals surface area contributed by atoms with Crippen molar-refractivity contribution in [3.63, 3.8) is 0 Å². The Bertz CT molecular complexity index is 554. The third kappa shape index (κ3) is 2.16. The summed E-state index contributed by atoms with van der Waals surface area (Å²) in [5.41, 5.74) is 0.579. The van der Waals surface area contributed by atoms with E-state index in [9.17, 15) is 9.50 Å². The predicted molar refractivity (Wildman–Crippen MR) is 62.0 cm³/mol. The van der Waals surface area contributed by atoms with E-state index in [0.29, 0.717) is 17.2 Å². The monoisotopic (exact) mass is 255 g/mol. The zero-order valence-corrected chi connectivity index (χ0v) is 10.1. The molecule has 4 nitrogen and oxygen atoms in total. The second kappa shape index (κ2) is 4.43. The number of benzene rings is 1. The molecule has 0 saturated carbocycles. The molecule has 1 aromatic carbocycles. The summed E-state index contributed by atoms with van der Waals surface area (Å²) in [4.78, 5) is 0. The number of nitrogens with zero attached hydrogens (tertiary/aromatic N) is 3. The summed E-state index contributed by atoms with van der Waals surface area (Å²) in [6.07, 6.45) is -0.722. The molecule has 0 aliphatic rings. The van der Waals surface area contributed by atoms with Crippen LogP contribution in [0.3, 0.4) is 0 Å². The van der Waals surface area contributed by atoms with Gasteiger partial charge >= 0.3 is 0 Å². The van der Waals surface area contributed by atoms with Gasteiger partial charge in [-0.15, -0.1) is 10.2 Å². The van der Waals surface area contributed by atoms with Crippen LogP contribution >= 0.6 is 11.6 Å². The first-order valence-corrected chi connectivity index (χ1v) is 5.41. The molecular weight excluding hydrogens is 245 g/mol. The van der Waals surface area contributed by atoms with E-state index in [2.05, 4.69) is 10.2 Å². The van der Waals surface area contributed by atoms with E-state index in [1.54, 1.807) is 18.5 Å². The standard InChI is InChI=1S/C11H11ClFN3O/c1-6(17)10-14-15-11(16(10)2)8-4-3-7(13)5-9(8)12/h3-6,17H,1-2H3/t6-/m1/s1. The molecule has 0 radical (unpaired) electrons. The maximum atomic E-state index is 12.9. The van der Waals surface area contributed by atoms with Gasteiger partial charge in [-0.05, 0) is 25.1 Å². The summed E-state index contributed by atoms with van der Waals surface area (Å²) in [6, 6.07) is 4.05. The number of aromatic nitrogens is 3. The molecule has 2 aromatic rings. The van der Waals surface area contributed by atoms with Crippen molar-refractivity contribution in [2.24, 2.45) is 7.05 Å². The van der Waals surface area contributed by atoms with Gasteiger partial charge in [0.05, 0.1) is 5.02 Å². The van der Waals surface area contributed by atoms with Crippen LogP contribution in [0.5, 0.6) is 0 Å². The van der Waals surface area contributed by atoms with Crippen LogP contribution in [-0.4, -0.2) is 19.9 Å². The Hall–Kier alpha value is -1.46. The lowest BCUT2D eigenvalue weighted by atomic mass is 10.2. The van der Waals surface area contributed by atoms with Crippen molar-refractivity contribution in [3.8, 4) is 11.4 Å². The minimum atomic E-state index is -0.722. The topological polar surface area (TPSA) is 50.9 Å². The molecule has 0 unspecified atom stereocenters. The quantitative estimate of drug-likeness (QED) is 0.896. The van der Waals surface area contributed by atoms with Gasteiger partial charge in [-0.1, -0.05) is 11.6 Å². The lowest BCUT2D eigenvalue weighted by Gasteiger charge is -2.06. The zero-order chi connectivity index (χ0) is 12.6. The SMILES string of the molecule is C[C@@H](O)c1nnc(-c2ccc(F)cc2Cl)n1C. The van der Waals surface area contributed by atoms with E-state index in [-0.39, 0.29) is 5.02 Å². The second-order valence-electron chi connectivity index (χ2n) is 3.74. The first-order valence-electron chi connectivity index (χ1n) is 5.03. The van der Waals surface area contributed by atoms with E-state index in [0.717, 1.165) is 0 Å². The summed E-state index contributed by atoms with van der Waals surface area (Å²) in [7, 11) is 1.72. The Morgan fingerprint density at radius 2 is 2.12 bits per heavy atom. The van der Waals surface area contributed by atoms with Gasteiger partial charge < -0.3 is 9.67 Å². The van der Waals surface area contributed by atoms with Gasteiger partial charge in [0.2, 0.25) is 0 Å². The van der Waals surface area contributed by atoms with Crippen LogP contribution in [0.4, 0.5) is 4.39 Å². The van der Waals surface area contributed by atoms with Gasteiger partial charge in [-0.25, -0.2) is 4.39 Å². The van der Waals surface area contributed by atoms with Gasteiger partial charge in [0.25, 0.3) is 0 Å². The number of hydrogen-bond donors (Lipinski definition) is 1. The lowest BCUT2D eigenvalue weighted by Crippen LogP contribution is -2.03. The molecule has 0 aliphatic heterocycles. The van der Waals surface area contributed by atoms with Crippen LogP contribution in [-0.2, 0) is 7.05 Å². The second-order valence-corrected chi connectivity index (χ2v) is 4.15. The molecule has 0 fully saturated rings. The molecule has 1 aromatic heterocycles. The first kappa shape index (κ1) is 12.0. The van der Waals surface area contributed by atoms with Crippen molar-refractivity contribution >= 4 is 11.6 Å². The highest BCUT2D eigenvalue weighted by molar-refractivity contribution is 6.33.